The van der Waals surface area contributed by atoms with Gasteiger partial charge in [0.25, 0.3) is 0 Å². The van der Waals surface area contributed by atoms with Gasteiger partial charge in [0.15, 0.2) is 5.96 Å². The van der Waals surface area contributed by atoms with E-state index in [1.807, 2.05) is 27.7 Å². The zero-order chi connectivity index (χ0) is 18.7. The predicted octanol–water partition coefficient (Wildman–Crippen LogP) is 2.50. The number of carbonyl (C=O) groups excluding carboxylic acids is 1. The Kier molecular flexibility index (Phi) is 8.44. The summed E-state index contributed by atoms with van der Waals surface area (Å²) in [7, 11) is 0. The van der Waals surface area contributed by atoms with E-state index in [1.54, 1.807) is 0 Å². The number of fused-ring (bicyclic) bond motifs is 1. The summed E-state index contributed by atoms with van der Waals surface area (Å²) in [6.45, 7) is 14.6. The fourth-order valence-corrected chi connectivity index (χ4v) is 3.72. The van der Waals surface area contributed by atoms with Crippen LogP contribution < -0.4 is 16.0 Å². The number of nitrogens with zero attached hydrogens (tertiary/aromatic N) is 1. The first kappa shape index (κ1) is 23.3. The largest absolute Gasteiger partial charge is 0.444 e. The van der Waals surface area contributed by atoms with Crippen molar-refractivity contribution in [1.29, 1.82) is 0 Å². The van der Waals surface area contributed by atoms with Crippen LogP contribution in [0.1, 0.15) is 48.0 Å². The van der Waals surface area contributed by atoms with Crippen LogP contribution in [0.4, 0.5) is 4.79 Å². The van der Waals surface area contributed by atoms with Crippen molar-refractivity contribution in [3.8, 4) is 0 Å². The SMILES string of the molecule is CCNC(=NCCNC(=O)OC(C)(C)C)NC1C2CCOC2C1(C)C.I. The lowest BCUT2D eigenvalue weighted by atomic mass is 9.57. The van der Waals surface area contributed by atoms with Crippen LogP contribution in [-0.4, -0.2) is 56.0 Å². The third kappa shape index (κ3) is 5.87. The van der Waals surface area contributed by atoms with Gasteiger partial charge in [0, 0.05) is 37.1 Å². The summed E-state index contributed by atoms with van der Waals surface area (Å²) in [5.41, 5.74) is -0.383. The minimum absolute atomic E-state index is 0. The van der Waals surface area contributed by atoms with E-state index in [9.17, 15) is 4.79 Å². The molecule has 3 atom stereocenters. The fraction of sp³-hybridized carbons (Fsp3) is 0.889. The average molecular weight is 482 g/mol. The monoisotopic (exact) mass is 482 g/mol. The Balaban J connectivity index is 0.00000338. The molecule has 8 heteroatoms. The van der Waals surface area contributed by atoms with E-state index in [0.717, 1.165) is 25.5 Å². The van der Waals surface area contributed by atoms with Crippen LogP contribution in [0.15, 0.2) is 4.99 Å². The van der Waals surface area contributed by atoms with E-state index in [0.29, 0.717) is 31.2 Å². The van der Waals surface area contributed by atoms with Crippen LogP contribution in [0, 0.1) is 11.3 Å². The fourth-order valence-electron chi connectivity index (χ4n) is 3.72. The van der Waals surface area contributed by atoms with Crippen LogP contribution in [0.5, 0.6) is 0 Å². The number of nitrogens with one attached hydrogen (secondary N) is 3. The van der Waals surface area contributed by atoms with Crippen LogP contribution in [0.3, 0.4) is 0 Å². The number of guanidine groups is 1. The molecule has 2 aliphatic rings. The van der Waals surface area contributed by atoms with Crippen LogP contribution >= 0.6 is 24.0 Å². The predicted molar refractivity (Wildman–Crippen MR) is 114 cm³/mol. The number of hydrogen-bond acceptors (Lipinski definition) is 4. The molecule has 0 spiro atoms. The minimum atomic E-state index is -0.487. The Morgan fingerprint density at radius 3 is 2.62 bits per heavy atom. The number of ether oxygens (including phenoxy) is 2. The first-order valence-electron chi connectivity index (χ1n) is 9.28. The van der Waals surface area contributed by atoms with Gasteiger partial charge < -0.3 is 25.4 Å². The molecule has 7 nitrogen and oxygen atoms in total. The van der Waals surface area contributed by atoms with Gasteiger partial charge in [0.1, 0.15) is 5.60 Å². The third-order valence-electron chi connectivity index (χ3n) is 4.79. The van der Waals surface area contributed by atoms with Crippen molar-refractivity contribution in [2.75, 3.05) is 26.2 Å². The van der Waals surface area contributed by atoms with Crippen molar-refractivity contribution in [1.82, 2.24) is 16.0 Å². The molecule has 1 aliphatic heterocycles. The smallest absolute Gasteiger partial charge is 0.407 e. The number of halogens is 1. The number of hydrogen-bond donors (Lipinski definition) is 3. The molecule has 26 heavy (non-hydrogen) atoms. The second-order valence-electron chi connectivity index (χ2n) is 8.38. The normalized spacial score (nSPS) is 26.8. The maximum absolute atomic E-state index is 11.6. The van der Waals surface area contributed by atoms with Gasteiger partial charge in [-0.2, -0.15) is 0 Å². The highest BCUT2D eigenvalue weighted by Gasteiger charge is 2.59. The Labute approximate surface area is 174 Å². The summed E-state index contributed by atoms with van der Waals surface area (Å²) < 4.78 is 11.1. The van der Waals surface area contributed by atoms with Crippen molar-refractivity contribution in [3.63, 3.8) is 0 Å². The van der Waals surface area contributed by atoms with Gasteiger partial charge in [-0.15, -0.1) is 24.0 Å². The topological polar surface area (TPSA) is 84.0 Å². The molecule has 1 saturated carbocycles. The highest BCUT2D eigenvalue weighted by molar-refractivity contribution is 14.0. The van der Waals surface area contributed by atoms with Gasteiger partial charge in [-0.05, 0) is 34.1 Å². The van der Waals surface area contributed by atoms with Gasteiger partial charge in [-0.25, -0.2) is 4.79 Å². The Morgan fingerprint density at radius 1 is 1.31 bits per heavy atom. The van der Waals surface area contributed by atoms with Crippen LogP contribution in [0.25, 0.3) is 0 Å². The molecule has 0 radical (unpaired) electrons. The first-order valence-corrected chi connectivity index (χ1v) is 9.28. The van der Waals surface area contributed by atoms with E-state index in [1.165, 1.54) is 0 Å². The lowest BCUT2D eigenvalue weighted by Crippen LogP contribution is -2.68. The Bertz CT molecular complexity index is 505. The van der Waals surface area contributed by atoms with E-state index < -0.39 is 11.7 Å². The van der Waals surface area contributed by atoms with Gasteiger partial charge >= 0.3 is 6.09 Å². The summed E-state index contributed by atoms with van der Waals surface area (Å²) in [5, 5.41) is 9.56. The first-order chi connectivity index (χ1) is 11.6. The van der Waals surface area contributed by atoms with Gasteiger partial charge in [-0.1, -0.05) is 13.8 Å². The van der Waals surface area contributed by atoms with Gasteiger partial charge in [0.2, 0.25) is 0 Å². The van der Waals surface area contributed by atoms with E-state index in [4.69, 9.17) is 9.47 Å². The van der Waals surface area contributed by atoms with Gasteiger partial charge in [-0.3, -0.25) is 4.99 Å². The molecular formula is C18H35IN4O3. The van der Waals surface area contributed by atoms with Crippen molar-refractivity contribution < 1.29 is 14.3 Å². The van der Waals surface area contributed by atoms with Gasteiger partial charge in [0.05, 0.1) is 12.6 Å². The molecule has 0 bridgehead atoms. The minimum Gasteiger partial charge on any atom is -0.444 e. The number of rotatable bonds is 5. The molecule has 0 aromatic heterocycles. The zero-order valence-electron chi connectivity index (χ0n) is 16.8. The molecule has 3 N–H and O–H groups in total. The molecule has 2 fully saturated rings. The molecule has 3 unspecified atom stereocenters. The number of carbonyl (C=O) groups is 1. The lowest BCUT2D eigenvalue weighted by Gasteiger charge is -2.54. The second kappa shape index (κ2) is 9.43. The highest BCUT2D eigenvalue weighted by atomic mass is 127. The quantitative estimate of drug-likeness (QED) is 0.243. The summed E-state index contributed by atoms with van der Waals surface area (Å²) in [4.78, 5) is 16.2. The molecule has 152 valence electrons. The molecule has 1 aliphatic carbocycles. The Hall–Kier alpha value is -0.770. The number of alkyl carbamates (subject to hydrolysis) is 1. The Morgan fingerprint density at radius 2 is 2.00 bits per heavy atom. The molecular weight excluding hydrogens is 447 g/mol. The van der Waals surface area contributed by atoms with E-state index >= 15 is 0 Å². The van der Waals surface area contributed by atoms with Crippen molar-refractivity contribution in [3.05, 3.63) is 0 Å². The second-order valence-corrected chi connectivity index (χ2v) is 8.38. The standard InChI is InChI=1S/C18H34N4O3.HI/c1-7-19-15(20-9-10-21-16(23)25-17(2,3)4)22-13-12-8-11-24-14(12)18(13,5)6;/h12-14H,7-11H2,1-6H3,(H,21,23)(H2,19,20,22);1H. The van der Waals surface area contributed by atoms with Crippen LogP contribution in [0.2, 0.25) is 0 Å². The van der Waals surface area contributed by atoms with E-state index in [2.05, 4.69) is 34.8 Å². The van der Waals surface area contributed by atoms with Crippen LogP contribution in [-0.2, 0) is 9.47 Å². The summed E-state index contributed by atoms with van der Waals surface area (Å²) in [5.74, 6) is 1.34. The third-order valence-corrected chi connectivity index (χ3v) is 4.79. The van der Waals surface area contributed by atoms with E-state index in [-0.39, 0.29) is 29.4 Å². The molecule has 1 heterocycles. The average Bonchev–Trinajstić information content (AvgIpc) is 2.94. The number of amides is 1. The van der Waals surface area contributed by atoms with Crippen molar-refractivity contribution in [2.24, 2.45) is 16.3 Å². The molecule has 1 saturated heterocycles. The van der Waals surface area contributed by atoms with Crippen molar-refractivity contribution in [2.45, 2.75) is 65.7 Å². The number of aliphatic imine (C=N–C) groups is 1. The summed E-state index contributed by atoms with van der Waals surface area (Å²) in [6.07, 6.45) is 1.04. The highest BCUT2D eigenvalue weighted by Crippen LogP contribution is 2.52. The molecule has 0 aromatic carbocycles. The molecule has 0 aromatic rings. The zero-order valence-corrected chi connectivity index (χ0v) is 19.2. The summed E-state index contributed by atoms with van der Waals surface area (Å²) in [6, 6.07) is 0.358. The maximum atomic E-state index is 11.6. The maximum Gasteiger partial charge on any atom is 0.407 e. The lowest BCUT2D eigenvalue weighted by molar-refractivity contribution is -0.106. The molecule has 1 amide bonds. The molecule has 2 rings (SSSR count). The summed E-state index contributed by atoms with van der Waals surface area (Å²) >= 11 is 0. The van der Waals surface area contributed by atoms with Crippen molar-refractivity contribution >= 4 is 36.0 Å².